The molecule has 0 amide bonds. The van der Waals surface area contributed by atoms with Crippen molar-refractivity contribution < 1.29 is 13.7 Å². The molecule has 1 unspecified atom stereocenters. The number of nitro benzene ring substituents is 1. The molecule has 0 saturated heterocycles. The van der Waals surface area contributed by atoms with Crippen LogP contribution in [0.15, 0.2) is 28.8 Å². The normalized spacial score (nSPS) is 12.2. The molecule has 19 heavy (non-hydrogen) atoms. The first kappa shape index (κ1) is 13.0. The quantitative estimate of drug-likeness (QED) is 0.678. The van der Waals surface area contributed by atoms with Gasteiger partial charge in [-0.05, 0) is 19.9 Å². The Kier molecular flexibility index (Phi) is 3.46. The van der Waals surface area contributed by atoms with E-state index in [4.69, 9.17) is 4.42 Å². The first-order chi connectivity index (χ1) is 8.95. The van der Waals surface area contributed by atoms with Crippen molar-refractivity contribution in [2.45, 2.75) is 19.9 Å². The minimum atomic E-state index is -0.674. The van der Waals surface area contributed by atoms with Crippen molar-refractivity contribution >= 4 is 11.4 Å². The third-order valence-electron chi connectivity index (χ3n) is 2.49. The maximum Gasteiger partial charge on any atom is 0.274 e. The van der Waals surface area contributed by atoms with Gasteiger partial charge >= 0.3 is 0 Å². The molecule has 0 aliphatic rings. The van der Waals surface area contributed by atoms with Gasteiger partial charge in [0.15, 0.2) is 0 Å². The Hall–Kier alpha value is -2.44. The zero-order chi connectivity index (χ0) is 14.0. The van der Waals surface area contributed by atoms with Crippen molar-refractivity contribution in [2.24, 2.45) is 0 Å². The smallest absolute Gasteiger partial charge is 0.274 e. The number of aryl methyl sites for hydroxylation is 1. The van der Waals surface area contributed by atoms with Crippen molar-refractivity contribution in [3.05, 3.63) is 52.0 Å². The molecule has 1 aromatic heterocycles. The summed E-state index contributed by atoms with van der Waals surface area (Å²) < 4.78 is 18.6. The van der Waals surface area contributed by atoms with E-state index in [9.17, 15) is 14.5 Å². The first-order valence-electron chi connectivity index (χ1n) is 5.59. The summed E-state index contributed by atoms with van der Waals surface area (Å²) in [7, 11) is 0. The van der Waals surface area contributed by atoms with Crippen LogP contribution in [0.3, 0.4) is 0 Å². The van der Waals surface area contributed by atoms with E-state index in [1.807, 2.05) is 0 Å². The number of hydrogen-bond donors (Lipinski definition) is 1. The van der Waals surface area contributed by atoms with Crippen LogP contribution in [0.4, 0.5) is 15.8 Å². The van der Waals surface area contributed by atoms with Crippen LogP contribution in [0.25, 0.3) is 0 Å². The number of oxazole rings is 1. The van der Waals surface area contributed by atoms with E-state index in [0.29, 0.717) is 17.3 Å². The molecule has 0 radical (unpaired) electrons. The Balaban J connectivity index is 2.21. The lowest BCUT2D eigenvalue weighted by Gasteiger charge is -2.11. The van der Waals surface area contributed by atoms with Crippen LogP contribution in [0, 0.1) is 22.9 Å². The molecule has 100 valence electrons. The molecule has 0 spiro atoms. The first-order valence-corrected chi connectivity index (χ1v) is 5.59. The zero-order valence-corrected chi connectivity index (χ0v) is 10.4. The van der Waals surface area contributed by atoms with Crippen LogP contribution in [-0.2, 0) is 0 Å². The van der Waals surface area contributed by atoms with Gasteiger partial charge in [0.1, 0.15) is 17.6 Å². The molecule has 1 atom stereocenters. The summed E-state index contributed by atoms with van der Waals surface area (Å²) >= 11 is 0. The Morgan fingerprint density at radius 2 is 2.21 bits per heavy atom. The topological polar surface area (TPSA) is 81.2 Å². The highest BCUT2D eigenvalue weighted by molar-refractivity contribution is 5.52. The molecule has 0 saturated carbocycles. The molecule has 0 fully saturated rings. The zero-order valence-electron chi connectivity index (χ0n) is 10.4. The fourth-order valence-corrected chi connectivity index (χ4v) is 1.65. The number of nitrogens with one attached hydrogen (secondary N) is 1. The van der Waals surface area contributed by atoms with Gasteiger partial charge in [0.05, 0.1) is 17.2 Å². The predicted molar refractivity (Wildman–Crippen MR) is 66.3 cm³/mol. The Morgan fingerprint density at radius 1 is 1.47 bits per heavy atom. The lowest BCUT2D eigenvalue weighted by atomic mass is 10.2. The number of nitro groups is 1. The minimum Gasteiger partial charge on any atom is -0.444 e. The van der Waals surface area contributed by atoms with Crippen LogP contribution < -0.4 is 5.32 Å². The Bertz CT molecular complexity index is 612. The number of rotatable bonds is 4. The van der Waals surface area contributed by atoms with Crippen molar-refractivity contribution in [3.8, 4) is 0 Å². The number of benzene rings is 1. The average molecular weight is 265 g/mol. The number of halogens is 1. The number of non-ortho nitro benzene ring substituents is 1. The molecule has 0 bridgehead atoms. The summed E-state index contributed by atoms with van der Waals surface area (Å²) in [4.78, 5) is 14.0. The monoisotopic (exact) mass is 265 g/mol. The standard InChI is InChI=1S/C12H12FN3O3/c1-7-6-14-12(19-7)8(2)15-10-3-9(13)4-11(5-10)16(17)18/h3-6,8,15H,1-2H3. The number of aromatic nitrogens is 1. The summed E-state index contributed by atoms with van der Waals surface area (Å²) in [6.45, 7) is 3.53. The van der Waals surface area contributed by atoms with Crippen LogP contribution in [0.5, 0.6) is 0 Å². The molecule has 1 N–H and O–H groups in total. The van der Waals surface area contributed by atoms with Gasteiger partial charge < -0.3 is 9.73 Å². The van der Waals surface area contributed by atoms with Crippen molar-refractivity contribution in [1.29, 1.82) is 0 Å². The van der Waals surface area contributed by atoms with E-state index in [0.717, 1.165) is 6.07 Å². The highest BCUT2D eigenvalue weighted by Gasteiger charge is 2.14. The highest BCUT2D eigenvalue weighted by Crippen LogP contribution is 2.24. The third kappa shape index (κ3) is 3.06. The maximum atomic E-state index is 13.3. The van der Waals surface area contributed by atoms with E-state index >= 15 is 0 Å². The second kappa shape index (κ2) is 5.05. The summed E-state index contributed by atoms with van der Waals surface area (Å²) in [6.07, 6.45) is 1.57. The molecule has 0 aliphatic heterocycles. The predicted octanol–water partition coefficient (Wildman–Crippen LogP) is 3.20. The highest BCUT2D eigenvalue weighted by atomic mass is 19.1. The van der Waals surface area contributed by atoms with Crippen LogP contribution >= 0.6 is 0 Å². The summed E-state index contributed by atoms with van der Waals surface area (Å²) in [5, 5.41) is 13.6. The number of anilines is 1. The third-order valence-corrected chi connectivity index (χ3v) is 2.49. The molecule has 1 heterocycles. The molecule has 2 aromatic rings. The van der Waals surface area contributed by atoms with Gasteiger partial charge in [-0.1, -0.05) is 0 Å². The van der Waals surface area contributed by atoms with Gasteiger partial charge in [-0.2, -0.15) is 0 Å². The Labute approximate surface area is 108 Å². The molecular formula is C12H12FN3O3. The minimum absolute atomic E-state index is 0.301. The van der Waals surface area contributed by atoms with Crippen LogP contribution in [0.2, 0.25) is 0 Å². The van der Waals surface area contributed by atoms with Gasteiger partial charge in [-0.25, -0.2) is 9.37 Å². The lowest BCUT2D eigenvalue weighted by molar-refractivity contribution is -0.385. The van der Waals surface area contributed by atoms with Gasteiger partial charge in [-0.3, -0.25) is 10.1 Å². The second-order valence-corrected chi connectivity index (χ2v) is 4.13. The fraction of sp³-hybridized carbons (Fsp3) is 0.250. The summed E-state index contributed by atoms with van der Waals surface area (Å²) in [5.74, 6) is 0.422. The van der Waals surface area contributed by atoms with Gasteiger partial charge in [0.25, 0.3) is 5.69 Å². The van der Waals surface area contributed by atoms with Crippen molar-refractivity contribution in [3.63, 3.8) is 0 Å². The van der Waals surface area contributed by atoms with E-state index in [-0.39, 0.29) is 11.7 Å². The molecule has 2 rings (SSSR count). The van der Waals surface area contributed by atoms with E-state index in [1.165, 1.54) is 12.1 Å². The van der Waals surface area contributed by atoms with E-state index in [1.54, 1.807) is 20.0 Å². The molecule has 7 heteroatoms. The number of nitrogens with zero attached hydrogens (tertiary/aromatic N) is 2. The molecule has 6 nitrogen and oxygen atoms in total. The fourth-order valence-electron chi connectivity index (χ4n) is 1.65. The lowest BCUT2D eigenvalue weighted by Crippen LogP contribution is -2.07. The molecule has 0 aliphatic carbocycles. The van der Waals surface area contributed by atoms with E-state index in [2.05, 4.69) is 10.3 Å². The Morgan fingerprint density at radius 3 is 2.79 bits per heavy atom. The molecule has 1 aromatic carbocycles. The summed E-state index contributed by atoms with van der Waals surface area (Å²) in [6, 6.07) is 2.98. The summed E-state index contributed by atoms with van der Waals surface area (Å²) in [5.41, 5.74) is -0.00617. The van der Waals surface area contributed by atoms with Gasteiger partial charge in [0.2, 0.25) is 5.89 Å². The van der Waals surface area contributed by atoms with Gasteiger partial charge in [-0.15, -0.1) is 0 Å². The van der Waals surface area contributed by atoms with Gasteiger partial charge in [0, 0.05) is 11.8 Å². The van der Waals surface area contributed by atoms with Crippen molar-refractivity contribution in [2.75, 3.05) is 5.32 Å². The maximum absolute atomic E-state index is 13.3. The van der Waals surface area contributed by atoms with Crippen molar-refractivity contribution in [1.82, 2.24) is 4.98 Å². The second-order valence-electron chi connectivity index (χ2n) is 4.13. The average Bonchev–Trinajstić information content (AvgIpc) is 2.75. The van der Waals surface area contributed by atoms with Crippen LogP contribution in [0.1, 0.15) is 24.6 Å². The SMILES string of the molecule is Cc1cnc(C(C)Nc2cc(F)cc([N+](=O)[O-])c2)o1. The van der Waals surface area contributed by atoms with E-state index < -0.39 is 10.7 Å². The van der Waals surface area contributed by atoms with Crippen LogP contribution in [-0.4, -0.2) is 9.91 Å². The number of hydrogen-bond acceptors (Lipinski definition) is 5. The molecular weight excluding hydrogens is 253 g/mol. The largest absolute Gasteiger partial charge is 0.444 e.